The predicted octanol–water partition coefficient (Wildman–Crippen LogP) is 5.13. The molecule has 4 rings (SSSR count). The van der Waals surface area contributed by atoms with Crippen LogP contribution in [0.2, 0.25) is 0 Å². The Morgan fingerprint density at radius 1 is 1.16 bits per heavy atom. The van der Waals surface area contributed by atoms with Crippen LogP contribution in [-0.4, -0.2) is 33.4 Å². The molecule has 0 radical (unpaired) electrons. The van der Waals surface area contributed by atoms with E-state index in [1.807, 2.05) is 55.5 Å². The number of thioether (sulfide) groups is 1. The largest absolute Gasteiger partial charge is 0.494 e. The number of rotatable bonds is 6. The Balaban J connectivity index is 1.82. The zero-order chi connectivity index (χ0) is 22.7. The summed E-state index contributed by atoms with van der Waals surface area (Å²) >= 11 is 1.54. The molecule has 7 nitrogen and oxygen atoms in total. The number of para-hydroxylation sites is 1. The van der Waals surface area contributed by atoms with Gasteiger partial charge in [-0.2, -0.15) is 4.98 Å². The molecule has 8 heteroatoms. The SMILES string of the molecule is CCOc1ccc(C2Oc3nc(SCC(C)C)nnc3-c3ccccc3N2C(C)=O)cc1. The molecule has 32 heavy (non-hydrogen) atoms. The fourth-order valence-corrected chi connectivity index (χ4v) is 4.20. The third-order valence-corrected chi connectivity index (χ3v) is 6.14. The van der Waals surface area contributed by atoms with Crippen molar-refractivity contribution >= 4 is 23.4 Å². The van der Waals surface area contributed by atoms with E-state index in [-0.39, 0.29) is 5.91 Å². The smallest absolute Gasteiger partial charge is 0.247 e. The minimum absolute atomic E-state index is 0.147. The second kappa shape index (κ2) is 9.56. The molecule has 0 spiro atoms. The molecule has 2 aromatic carbocycles. The summed E-state index contributed by atoms with van der Waals surface area (Å²) in [5, 5.41) is 9.30. The monoisotopic (exact) mass is 450 g/mol. The molecule has 1 amide bonds. The number of carbonyl (C=O) groups excluding carboxylic acids is 1. The van der Waals surface area contributed by atoms with Gasteiger partial charge in [-0.25, -0.2) is 0 Å². The van der Waals surface area contributed by atoms with Crippen LogP contribution in [0.5, 0.6) is 11.6 Å². The van der Waals surface area contributed by atoms with E-state index < -0.39 is 6.23 Å². The van der Waals surface area contributed by atoms with Gasteiger partial charge in [0.15, 0.2) is 5.69 Å². The van der Waals surface area contributed by atoms with Crippen LogP contribution in [0.4, 0.5) is 5.69 Å². The van der Waals surface area contributed by atoms with Crippen LogP contribution in [0.15, 0.2) is 53.7 Å². The highest BCUT2D eigenvalue weighted by atomic mass is 32.2. The molecule has 1 aliphatic rings. The molecule has 1 unspecified atom stereocenters. The van der Waals surface area contributed by atoms with E-state index in [2.05, 4.69) is 29.0 Å². The summed E-state index contributed by atoms with van der Waals surface area (Å²) in [5.74, 6) is 2.34. The molecule has 3 aromatic rings. The average Bonchev–Trinajstić information content (AvgIpc) is 2.92. The normalized spacial score (nSPS) is 14.9. The highest BCUT2D eigenvalue weighted by Gasteiger charge is 2.34. The van der Waals surface area contributed by atoms with Gasteiger partial charge in [0.25, 0.3) is 0 Å². The average molecular weight is 451 g/mol. The fraction of sp³-hybridized carbons (Fsp3) is 0.333. The molecule has 0 N–H and O–H groups in total. The maximum Gasteiger partial charge on any atom is 0.247 e. The van der Waals surface area contributed by atoms with Crippen LogP contribution in [0.3, 0.4) is 0 Å². The Bertz CT molecular complexity index is 1100. The number of amides is 1. The molecule has 0 bridgehead atoms. The highest BCUT2D eigenvalue weighted by Crippen LogP contribution is 2.43. The van der Waals surface area contributed by atoms with Crippen LogP contribution in [0, 0.1) is 5.92 Å². The van der Waals surface area contributed by atoms with Crippen LogP contribution in [0.25, 0.3) is 11.3 Å². The molecule has 0 saturated heterocycles. The van der Waals surface area contributed by atoms with Crippen LogP contribution < -0.4 is 14.4 Å². The summed E-state index contributed by atoms with van der Waals surface area (Å²) in [6, 6.07) is 15.2. The lowest BCUT2D eigenvalue weighted by atomic mass is 10.1. The minimum Gasteiger partial charge on any atom is -0.494 e. The Kier molecular flexibility index (Phi) is 6.60. The molecule has 1 atom stereocenters. The number of aromatic nitrogens is 3. The Morgan fingerprint density at radius 3 is 2.59 bits per heavy atom. The number of carbonyl (C=O) groups is 1. The van der Waals surface area contributed by atoms with Gasteiger partial charge in [-0.3, -0.25) is 9.69 Å². The third kappa shape index (κ3) is 4.55. The van der Waals surface area contributed by atoms with Crippen molar-refractivity contribution in [2.24, 2.45) is 5.92 Å². The number of ether oxygens (including phenoxy) is 2. The summed E-state index contributed by atoms with van der Waals surface area (Å²) < 4.78 is 12.0. The lowest BCUT2D eigenvalue weighted by Crippen LogP contribution is -2.36. The number of benzene rings is 2. The molecule has 1 aliphatic heterocycles. The first-order chi connectivity index (χ1) is 15.5. The van der Waals surface area contributed by atoms with Gasteiger partial charge in [0.05, 0.1) is 12.3 Å². The third-order valence-electron chi connectivity index (χ3n) is 4.87. The number of fused-ring (bicyclic) bond motifs is 3. The Morgan fingerprint density at radius 2 is 1.91 bits per heavy atom. The highest BCUT2D eigenvalue weighted by molar-refractivity contribution is 7.99. The second-order valence-electron chi connectivity index (χ2n) is 7.83. The Hall–Kier alpha value is -3.13. The maximum absolute atomic E-state index is 12.8. The van der Waals surface area contributed by atoms with Crippen molar-refractivity contribution in [1.29, 1.82) is 0 Å². The molecular weight excluding hydrogens is 424 g/mol. The molecule has 0 fully saturated rings. The molecule has 1 aromatic heterocycles. The summed E-state index contributed by atoms with van der Waals surface area (Å²) in [6.07, 6.45) is -0.703. The topological polar surface area (TPSA) is 77.4 Å². The van der Waals surface area contributed by atoms with Crippen molar-refractivity contribution in [2.75, 3.05) is 17.3 Å². The van der Waals surface area contributed by atoms with E-state index in [0.29, 0.717) is 34.9 Å². The van der Waals surface area contributed by atoms with Gasteiger partial charge < -0.3 is 9.47 Å². The first-order valence-electron chi connectivity index (χ1n) is 10.6. The molecule has 0 aliphatic carbocycles. The second-order valence-corrected chi connectivity index (χ2v) is 8.82. The number of hydrogen-bond donors (Lipinski definition) is 0. The molecular formula is C24H26N4O3S. The van der Waals surface area contributed by atoms with E-state index in [1.165, 1.54) is 18.7 Å². The van der Waals surface area contributed by atoms with Crippen LogP contribution >= 0.6 is 11.8 Å². The van der Waals surface area contributed by atoms with E-state index in [9.17, 15) is 4.79 Å². The Labute approximate surface area is 192 Å². The van der Waals surface area contributed by atoms with E-state index in [1.54, 1.807) is 4.90 Å². The molecule has 166 valence electrons. The minimum atomic E-state index is -0.703. The molecule has 0 saturated carbocycles. The van der Waals surface area contributed by atoms with Gasteiger partial charge in [-0.05, 0) is 43.2 Å². The van der Waals surface area contributed by atoms with Crippen molar-refractivity contribution in [3.05, 3.63) is 54.1 Å². The van der Waals surface area contributed by atoms with Gasteiger partial charge in [0.2, 0.25) is 23.2 Å². The van der Waals surface area contributed by atoms with Crippen molar-refractivity contribution in [3.8, 4) is 22.9 Å². The van der Waals surface area contributed by atoms with Gasteiger partial charge >= 0.3 is 0 Å². The predicted molar refractivity (Wildman–Crippen MR) is 125 cm³/mol. The first-order valence-corrected chi connectivity index (χ1v) is 11.6. The number of anilines is 1. The summed E-state index contributed by atoms with van der Waals surface area (Å²) in [6.45, 7) is 8.33. The van der Waals surface area contributed by atoms with Crippen LogP contribution in [-0.2, 0) is 4.79 Å². The van der Waals surface area contributed by atoms with E-state index in [0.717, 1.165) is 22.6 Å². The quantitative estimate of drug-likeness (QED) is 0.482. The van der Waals surface area contributed by atoms with Gasteiger partial charge in [0, 0.05) is 23.8 Å². The van der Waals surface area contributed by atoms with Crippen molar-refractivity contribution < 1.29 is 14.3 Å². The lowest BCUT2D eigenvalue weighted by molar-refractivity contribution is -0.118. The van der Waals surface area contributed by atoms with E-state index in [4.69, 9.17) is 9.47 Å². The van der Waals surface area contributed by atoms with E-state index >= 15 is 0 Å². The maximum atomic E-state index is 12.8. The van der Waals surface area contributed by atoms with Gasteiger partial charge in [-0.1, -0.05) is 43.8 Å². The van der Waals surface area contributed by atoms with Crippen LogP contribution in [0.1, 0.15) is 39.5 Å². The molecule has 2 heterocycles. The van der Waals surface area contributed by atoms with Gasteiger partial charge in [-0.15, -0.1) is 10.2 Å². The lowest BCUT2D eigenvalue weighted by Gasteiger charge is -2.30. The zero-order valence-corrected chi connectivity index (χ0v) is 19.4. The first kappa shape index (κ1) is 22.1. The standard InChI is InChI=1S/C24H26N4O3S/c1-5-30-18-12-10-17(11-13-18)23-28(16(4)29)20-9-7-6-8-19(20)21-22(31-23)25-24(27-26-21)32-14-15(2)3/h6-13,15,23H,5,14H2,1-4H3. The summed E-state index contributed by atoms with van der Waals surface area (Å²) in [5.41, 5.74) is 2.79. The zero-order valence-electron chi connectivity index (χ0n) is 18.6. The summed E-state index contributed by atoms with van der Waals surface area (Å²) in [4.78, 5) is 19.1. The fourth-order valence-electron chi connectivity index (χ4n) is 3.47. The van der Waals surface area contributed by atoms with Gasteiger partial charge in [0.1, 0.15) is 5.75 Å². The summed E-state index contributed by atoms with van der Waals surface area (Å²) in [7, 11) is 0. The number of nitrogens with zero attached hydrogens (tertiary/aromatic N) is 4. The number of hydrogen-bond acceptors (Lipinski definition) is 7. The van der Waals surface area contributed by atoms with Crippen molar-refractivity contribution in [1.82, 2.24) is 15.2 Å². The van der Waals surface area contributed by atoms with Crippen molar-refractivity contribution in [3.63, 3.8) is 0 Å². The van der Waals surface area contributed by atoms with Crippen molar-refractivity contribution in [2.45, 2.75) is 39.1 Å².